The monoisotopic (exact) mass is 446 g/mol. The number of rotatable bonds is 4. The van der Waals surface area contributed by atoms with Crippen LogP contribution in [0, 0.1) is 0 Å². The lowest BCUT2D eigenvalue weighted by Gasteiger charge is -2.40. The Bertz CT molecular complexity index is 1080. The Morgan fingerprint density at radius 3 is 2.16 bits per heavy atom. The largest absolute Gasteiger partial charge is 0.507 e. The molecule has 6 N–H and O–H groups in total. The van der Waals surface area contributed by atoms with Crippen molar-refractivity contribution in [1.29, 1.82) is 0 Å². The molecule has 0 spiro atoms. The maximum absolute atomic E-state index is 13.0. The predicted octanol–water partition coefficient (Wildman–Crippen LogP) is -0.249. The van der Waals surface area contributed by atoms with Crippen molar-refractivity contribution in [2.24, 2.45) is 0 Å². The Morgan fingerprint density at radius 2 is 1.56 bits per heavy atom. The van der Waals surface area contributed by atoms with Gasteiger partial charge in [-0.25, -0.2) is 0 Å². The van der Waals surface area contributed by atoms with Crippen molar-refractivity contribution in [3.05, 3.63) is 58.1 Å². The van der Waals surface area contributed by atoms with E-state index < -0.39 is 66.5 Å². The molecule has 0 unspecified atom stereocenters. The Balaban J connectivity index is 1.69. The minimum atomic E-state index is -1.68. The van der Waals surface area contributed by atoms with E-state index in [1.807, 2.05) is 0 Å². The summed E-state index contributed by atoms with van der Waals surface area (Å²) >= 11 is 0. The second-order valence-corrected chi connectivity index (χ2v) is 7.76. The summed E-state index contributed by atoms with van der Waals surface area (Å²) in [5.74, 6) is -2.38. The molecule has 0 aromatic heterocycles. The number of carbonyl (C=O) groups excluding carboxylic acids is 2. The van der Waals surface area contributed by atoms with Gasteiger partial charge >= 0.3 is 0 Å². The van der Waals surface area contributed by atoms with Gasteiger partial charge in [0.25, 0.3) is 0 Å². The molecule has 2 aliphatic rings. The molecule has 10 nitrogen and oxygen atoms in total. The molecule has 1 fully saturated rings. The SMILES string of the molecule is C[C@H](O[C@H]1O[C@H](CO)[C@@H](O)[C@H](O)[C@@H]1O)c1cc(O)c2c(c1O)C(=O)c1ccccc1C2=O. The minimum Gasteiger partial charge on any atom is -0.507 e. The van der Waals surface area contributed by atoms with Gasteiger partial charge in [-0.15, -0.1) is 0 Å². The number of hydrogen-bond donors (Lipinski definition) is 6. The van der Waals surface area contributed by atoms with Gasteiger partial charge in [-0.2, -0.15) is 0 Å². The molecule has 2 aromatic rings. The van der Waals surface area contributed by atoms with Gasteiger partial charge in [0.2, 0.25) is 0 Å². The molecule has 2 aromatic carbocycles. The molecule has 0 bridgehead atoms. The van der Waals surface area contributed by atoms with E-state index in [9.17, 15) is 40.2 Å². The third-order valence-electron chi connectivity index (χ3n) is 5.80. The lowest BCUT2D eigenvalue weighted by Crippen LogP contribution is -2.59. The highest BCUT2D eigenvalue weighted by Gasteiger charge is 2.45. The Morgan fingerprint density at radius 1 is 0.969 bits per heavy atom. The highest BCUT2D eigenvalue weighted by molar-refractivity contribution is 6.30. The van der Waals surface area contributed by atoms with E-state index in [0.29, 0.717) is 0 Å². The molecular weight excluding hydrogens is 424 g/mol. The molecule has 0 amide bonds. The van der Waals surface area contributed by atoms with Crippen molar-refractivity contribution in [1.82, 2.24) is 0 Å². The van der Waals surface area contributed by atoms with E-state index in [1.54, 1.807) is 12.1 Å². The summed E-state index contributed by atoms with van der Waals surface area (Å²) in [6, 6.07) is 7.11. The first kappa shape index (κ1) is 22.3. The number of ether oxygens (including phenoxy) is 2. The third kappa shape index (κ3) is 3.37. The molecule has 6 atom stereocenters. The standard InChI is InChI=1S/C22H22O10/c1-8(31-22-21(30)20(29)19(28)13(7-23)32-22)11-6-12(24)14-15(18(11)27)17(26)10-5-3-2-4-9(10)16(14)25/h2-6,8,13,19-24,27-30H,7H2,1H3/t8-,13+,19+,20-,21-,22-/m0/s1. The molecule has 1 saturated heterocycles. The zero-order valence-corrected chi connectivity index (χ0v) is 16.9. The Labute approximate surface area is 181 Å². The smallest absolute Gasteiger partial charge is 0.198 e. The molecule has 10 heteroatoms. The molecule has 0 saturated carbocycles. The summed E-state index contributed by atoms with van der Waals surface area (Å²) < 4.78 is 10.9. The number of ketones is 2. The van der Waals surface area contributed by atoms with Gasteiger partial charge in [-0.05, 0) is 13.0 Å². The second-order valence-electron chi connectivity index (χ2n) is 7.76. The van der Waals surface area contributed by atoms with Gasteiger partial charge in [0.05, 0.1) is 23.8 Å². The van der Waals surface area contributed by atoms with Crippen LogP contribution in [0.3, 0.4) is 0 Å². The van der Waals surface area contributed by atoms with Crippen LogP contribution in [0.5, 0.6) is 11.5 Å². The lowest BCUT2D eigenvalue weighted by atomic mass is 9.81. The highest BCUT2D eigenvalue weighted by atomic mass is 16.7. The number of aliphatic hydroxyl groups is 4. The summed E-state index contributed by atoms with van der Waals surface area (Å²) in [7, 11) is 0. The first-order valence-corrected chi connectivity index (χ1v) is 9.90. The van der Waals surface area contributed by atoms with E-state index in [-0.39, 0.29) is 27.8 Å². The molecule has 32 heavy (non-hydrogen) atoms. The Hall–Kier alpha value is -2.86. The van der Waals surface area contributed by atoms with E-state index in [2.05, 4.69) is 0 Å². The van der Waals surface area contributed by atoms with Crippen molar-refractivity contribution >= 4 is 11.6 Å². The number of aromatic hydroxyl groups is 2. The van der Waals surface area contributed by atoms with Crippen molar-refractivity contribution in [2.75, 3.05) is 6.61 Å². The predicted molar refractivity (Wildman–Crippen MR) is 106 cm³/mol. The summed E-state index contributed by atoms with van der Waals surface area (Å²) in [6.45, 7) is 0.769. The van der Waals surface area contributed by atoms with Crippen molar-refractivity contribution < 1.29 is 49.7 Å². The number of carbonyl (C=O) groups is 2. The van der Waals surface area contributed by atoms with Gasteiger partial charge in [0, 0.05) is 16.7 Å². The van der Waals surface area contributed by atoms with Crippen molar-refractivity contribution in [3.8, 4) is 11.5 Å². The van der Waals surface area contributed by atoms with Crippen LogP contribution in [0.4, 0.5) is 0 Å². The Kier molecular flexibility index (Phi) is 5.76. The lowest BCUT2D eigenvalue weighted by molar-refractivity contribution is -0.311. The van der Waals surface area contributed by atoms with E-state index in [1.165, 1.54) is 19.1 Å². The summed E-state index contributed by atoms with van der Waals surface area (Å²) in [6.07, 6.45) is -8.73. The van der Waals surface area contributed by atoms with Crippen molar-refractivity contribution in [2.45, 2.75) is 43.7 Å². The fourth-order valence-electron chi connectivity index (χ4n) is 4.04. The minimum absolute atomic E-state index is 0.0706. The van der Waals surface area contributed by atoms with Gasteiger partial charge < -0.3 is 40.1 Å². The normalized spacial score (nSPS) is 28.2. The third-order valence-corrected chi connectivity index (χ3v) is 5.80. The molecule has 1 aliphatic carbocycles. The quantitative estimate of drug-likeness (QED) is 0.293. The van der Waals surface area contributed by atoms with Crippen LogP contribution < -0.4 is 0 Å². The maximum Gasteiger partial charge on any atom is 0.198 e. The van der Waals surface area contributed by atoms with Gasteiger partial charge in [-0.1, -0.05) is 24.3 Å². The number of aliphatic hydroxyl groups excluding tert-OH is 4. The number of benzene rings is 2. The average Bonchev–Trinajstić information content (AvgIpc) is 2.78. The first-order chi connectivity index (χ1) is 15.2. The first-order valence-electron chi connectivity index (χ1n) is 9.90. The number of phenols is 2. The van der Waals surface area contributed by atoms with E-state index in [0.717, 1.165) is 6.07 Å². The van der Waals surface area contributed by atoms with Gasteiger partial charge in [0.15, 0.2) is 17.9 Å². The van der Waals surface area contributed by atoms with Crippen molar-refractivity contribution in [3.63, 3.8) is 0 Å². The molecular formula is C22H22O10. The van der Waals surface area contributed by atoms with Crippen LogP contribution in [-0.4, -0.2) is 79.5 Å². The van der Waals surface area contributed by atoms with E-state index in [4.69, 9.17) is 9.47 Å². The second kappa shape index (κ2) is 8.24. The summed E-state index contributed by atoms with van der Waals surface area (Å²) in [5.41, 5.74) is -0.570. The average molecular weight is 446 g/mol. The molecule has 1 aliphatic heterocycles. The molecule has 1 heterocycles. The summed E-state index contributed by atoms with van der Waals surface area (Å²) in [4.78, 5) is 25.8. The highest BCUT2D eigenvalue weighted by Crippen LogP contribution is 2.43. The topological polar surface area (TPSA) is 174 Å². The van der Waals surface area contributed by atoms with Crippen LogP contribution in [0.15, 0.2) is 30.3 Å². The van der Waals surface area contributed by atoms with Crippen LogP contribution in [-0.2, 0) is 9.47 Å². The number of hydrogen-bond acceptors (Lipinski definition) is 10. The fraction of sp³-hybridized carbons (Fsp3) is 0.364. The van der Waals surface area contributed by atoms with Gasteiger partial charge in [-0.3, -0.25) is 9.59 Å². The van der Waals surface area contributed by atoms with Gasteiger partial charge in [0.1, 0.15) is 35.9 Å². The maximum atomic E-state index is 13.0. The van der Waals surface area contributed by atoms with Crippen LogP contribution in [0.1, 0.15) is 50.4 Å². The molecule has 170 valence electrons. The van der Waals surface area contributed by atoms with Crippen LogP contribution in [0.25, 0.3) is 0 Å². The fourth-order valence-corrected chi connectivity index (χ4v) is 4.04. The van der Waals surface area contributed by atoms with E-state index >= 15 is 0 Å². The zero-order chi connectivity index (χ0) is 23.3. The zero-order valence-electron chi connectivity index (χ0n) is 16.9. The van der Waals surface area contributed by atoms with Crippen LogP contribution >= 0.6 is 0 Å². The number of fused-ring (bicyclic) bond motifs is 2. The molecule has 4 rings (SSSR count). The number of phenolic OH excluding ortho intramolecular Hbond substituents is 2. The molecule has 0 radical (unpaired) electrons. The summed E-state index contributed by atoms with van der Waals surface area (Å²) in [5, 5.41) is 60.6. The van der Waals surface area contributed by atoms with Crippen LogP contribution in [0.2, 0.25) is 0 Å².